The first-order chi connectivity index (χ1) is 11.7. The molecule has 8 nitrogen and oxygen atoms in total. The molecule has 1 aliphatic rings. The van der Waals surface area contributed by atoms with E-state index in [1.165, 1.54) is 0 Å². The Kier molecular flexibility index (Phi) is 3.77. The lowest BCUT2D eigenvalue weighted by molar-refractivity contribution is 0.407. The van der Waals surface area contributed by atoms with Crippen molar-refractivity contribution in [3.63, 3.8) is 0 Å². The minimum absolute atomic E-state index is 0.118. The van der Waals surface area contributed by atoms with Gasteiger partial charge >= 0.3 is 0 Å². The number of nitrogens with two attached hydrogens (primary N) is 1. The van der Waals surface area contributed by atoms with E-state index >= 15 is 0 Å². The molecule has 0 saturated heterocycles. The van der Waals surface area contributed by atoms with E-state index in [1.54, 1.807) is 12.3 Å². The summed E-state index contributed by atoms with van der Waals surface area (Å²) in [4.78, 5) is 8.37. The second-order valence-corrected chi connectivity index (χ2v) is 6.02. The summed E-state index contributed by atoms with van der Waals surface area (Å²) >= 11 is 0. The van der Waals surface area contributed by atoms with Crippen molar-refractivity contribution in [1.29, 1.82) is 0 Å². The number of nitrogens with zero attached hydrogens (tertiary/aromatic N) is 5. The molecule has 4 N–H and O–H groups in total. The topological polar surface area (TPSA) is 118 Å². The Morgan fingerprint density at radius 1 is 1.33 bits per heavy atom. The zero-order valence-electron chi connectivity index (χ0n) is 12.9. The molecule has 1 saturated carbocycles. The molecule has 9 heteroatoms. The van der Waals surface area contributed by atoms with Crippen LogP contribution in [0.15, 0.2) is 18.5 Å². The highest BCUT2D eigenvalue weighted by atomic mass is 19.1. The lowest BCUT2D eigenvalue weighted by Crippen LogP contribution is -2.35. The van der Waals surface area contributed by atoms with Gasteiger partial charge in [-0.15, -0.1) is 5.10 Å². The van der Waals surface area contributed by atoms with E-state index in [9.17, 15) is 4.39 Å². The van der Waals surface area contributed by atoms with Gasteiger partial charge in [0.2, 0.25) is 0 Å². The molecule has 0 aromatic carbocycles. The van der Waals surface area contributed by atoms with Crippen molar-refractivity contribution in [3.05, 3.63) is 24.3 Å². The Morgan fingerprint density at radius 3 is 3.12 bits per heavy atom. The SMILES string of the molecule is N[C@@H]1CCC[C@H](Nc2nc(-c3n[nH]c4nnccc34)ncc2F)C1. The van der Waals surface area contributed by atoms with E-state index in [-0.39, 0.29) is 17.9 Å². The van der Waals surface area contributed by atoms with Crippen LogP contribution in [-0.4, -0.2) is 42.4 Å². The molecule has 4 rings (SSSR count). The van der Waals surface area contributed by atoms with E-state index in [0.29, 0.717) is 17.2 Å². The molecular formula is C15H17FN8. The number of rotatable bonds is 3. The van der Waals surface area contributed by atoms with Gasteiger partial charge in [-0.3, -0.25) is 5.10 Å². The summed E-state index contributed by atoms with van der Waals surface area (Å²) in [7, 11) is 0. The van der Waals surface area contributed by atoms with Gasteiger partial charge < -0.3 is 11.1 Å². The summed E-state index contributed by atoms with van der Waals surface area (Å²) in [6.45, 7) is 0. The third-order valence-corrected chi connectivity index (χ3v) is 4.26. The maximum atomic E-state index is 14.1. The standard InChI is InChI=1S/C15H17FN8/c16-11-7-18-15(12-10-4-5-19-23-13(10)24-22-12)21-14(11)20-9-3-1-2-8(17)6-9/h4-5,7-9H,1-3,6,17H2,(H,18,20,21)(H,22,23,24)/t8-,9+/m1/s1. The lowest BCUT2D eigenvalue weighted by Gasteiger charge is -2.27. The van der Waals surface area contributed by atoms with Gasteiger partial charge in [-0.1, -0.05) is 0 Å². The van der Waals surface area contributed by atoms with Crippen molar-refractivity contribution in [1.82, 2.24) is 30.4 Å². The van der Waals surface area contributed by atoms with E-state index in [1.807, 2.05) is 0 Å². The van der Waals surface area contributed by atoms with E-state index in [0.717, 1.165) is 37.3 Å². The Balaban J connectivity index is 1.66. The van der Waals surface area contributed by atoms with Crippen LogP contribution in [0.1, 0.15) is 25.7 Å². The molecule has 24 heavy (non-hydrogen) atoms. The van der Waals surface area contributed by atoms with Gasteiger partial charge in [-0.25, -0.2) is 14.4 Å². The zero-order chi connectivity index (χ0) is 16.5. The molecule has 124 valence electrons. The van der Waals surface area contributed by atoms with Crippen LogP contribution in [0.3, 0.4) is 0 Å². The largest absolute Gasteiger partial charge is 0.365 e. The molecule has 0 unspecified atom stereocenters. The van der Waals surface area contributed by atoms with Crippen LogP contribution >= 0.6 is 0 Å². The maximum Gasteiger partial charge on any atom is 0.183 e. The van der Waals surface area contributed by atoms with Crippen molar-refractivity contribution in [2.24, 2.45) is 5.73 Å². The normalized spacial score (nSPS) is 21.1. The highest BCUT2D eigenvalue weighted by molar-refractivity contribution is 5.88. The molecule has 3 heterocycles. The second-order valence-electron chi connectivity index (χ2n) is 6.02. The average molecular weight is 328 g/mol. The number of anilines is 1. The van der Waals surface area contributed by atoms with Crippen molar-refractivity contribution < 1.29 is 4.39 Å². The molecule has 1 aliphatic carbocycles. The first kappa shape index (κ1) is 14.9. The number of halogens is 1. The van der Waals surface area contributed by atoms with Crippen molar-refractivity contribution in [2.75, 3.05) is 5.32 Å². The van der Waals surface area contributed by atoms with Crippen LogP contribution in [0.5, 0.6) is 0 Å². The number of aromatic amines is 1. The highest BCUT2D eigenvalue weighted by Gasteiger charge is 2.21. The minimum atomic E-state index is -0.488. The van der Waals surface area contributed by atoms with Crippen LogP contribution in [0.4, 0.5) is 10.2 Å². The molecule has 3 aromatic heterocycles. The van der Waals surface area contributed by atoms with Crippen LogP contribution < -0.4 is 11.1 Å². The Morgan fingerprint density at radius 2 is 2.25 bits per heavy atom. The molecule has 3 aromatic rings. The number of fused-ring (bicyclic) bond motifs is 1. The van der Waals surface area contributed by atoms with Crippen LogP contribution in [-0.2, 0) is 0 Å². The third-order valence-electron chi connectivity index (χ3n) is 4.26. The van der Waals surface area contributed by atoms with E-state index in [4.69, 9.17) is 5.73 Å². The third kappa shape index (κ3) is 2.78. The van der Waals surface area contributed by atoms with Crippen LogP contribution in [0.2, 0.25) is 0 Å². The van der Waals surface area contributed by atoms with Gasteiger partial charge in [0.15, 0.2) is 23.1 Å². The zero-order valence-corrected chi connectivity index (χ0v) is 12.9. The van der Waals surface area contributed by atoms with Crippen LogP contribution in [0, 0.1) is 5.82 Å². The number of aromatic nitrogens is 6. The molecular weight excluding hydrogens is 311 g/mol. The first-order valence-electron chi connectivity index (χ1n) is 7.91. The molecule has 1 fully saturated rings. The molecule has 0 spiro atoms. The Labute approximate surface area is 137 Å². The molecule has 0 bridgehead atoms. The second kappa shape index (κ2) is 6.08. The van der Waals surface area contributed by atoms with Gasteiger partial charge in [-0.2, -0.15) is 10.2 Å². The minimum Gasteiger partial charge on any atom is -0.365 e. The fraction of sp³-hybridized carbons (Fsp3) is 0.400. The Hall–Kier alpha value is -2.68. The van der Waals surface area contributed by atoms with Gasteiger partial charge in [0.25, 0.3) is 0 Å². The van der Waals surface area contributed by atoms with Gasteiger partial charge in [-0.05, 0) is 31.7 Å². The number of hydrogen-bond acceptors (Lipinski definition) is 7. The quantitative estimate of drug-likeness (QED) is 0.668. The summed E-state index contributed by atoms with van der Waals surface area (Å²) in [6, 6.07) is 2.03. The van der Waals surface area contributed by atoms with Crippen molar-refractivity contribution in [3.8, 4) is 11.5 Å². The fourth-order valence-corrected chi connectivity index (χ4v) is 3.08. The molecule has 0 amide bonds. The van der Waals surface area contributed by atoms with Gasteiger partial charge in [0.1, 0.15) is 5.69 Å². The van der Waals surface area contributed by atoms with Crippen LogP contribution in [0.25, 0.3) is 22.6 Å². The summed E-state index contributed by atoms with van der Waals surface area (Å²) in [5.41, 5.74) is 7.04. The van der Waals surface area contributed by atoms with Gasteiger partial charge in [0, 0.05) is 12.1 Å². The van der Waals surface area contributed by atoms with E-state index in [2.05, 4.69) is 35.7 Å². The predicted octanol–water partition coefficient (Wildman–Crippen LogP) is 1.63. The molecule has 2 atom stereocenters. The predicted molar refractivity (Wildman–Crippen MR) is 86.5 cm³/mol. The monoisotopic (exact) mass is 328 g/mol. The number of hydrogen-bond donors (Lipinski definition) is 3. The number of H-pyrrole nitrogens is 1. The Bertz CT molecular complexity index is 864. The van der Waals surface area contributed by atoms with Crippen molar-refractivity contribution >= 4 is 16.9 Å². The summed E-state index contributed by atoms with van der Waals surface area (Å²) in [5, 5.41) is 18.6. The lowest BCUT2D eigenvalue weighted by atomic mass is 9.92. The smallest absolute Gasteiger partial charge is 0.183 e. The van der Waals surface area contributed by atoms with Crippen molar-refractivity contribution in [2.45, 2.75) is 37.8 Å². The van der Waals surface area contributed by atoms with E-state index < -0.39 is 5.82 Å². The average Bonchev–Trinajstić information content (AvgIpc) is 3.01. The molecule has 0 radical (unpaired) electrons. The highest BCUT2D eigenvalue weighted by Crippen LogP contribution is 2.25. The molecule has 0 aliphatic heterocycles. The first-order valence-corrected chi connectivity index (χ1v) is 7.91. The summed E-state index contributed by atoms with van der Waals surface area (Å²) in [5.74, 6) is 0.0213. The fourth-order valence-electron chi connectivity index (χ4n) is 3.08. The summed E-state index contributed by atoms with van der Waals surface area (Å²) in [6.07, 6.45) is 6.51. The van der Waals surface area contributed by atoms with Gasteiger partial charge in [0.05, 0.1) is 17.8 Å². The maximum absolute atomic E-state index is 14.1. The summed E-state index contributed by atoms with van der Waals surface area (Å²) < 4.78 is 14.1. The number of nitrogens with one attached hydrogen (secondary N) is 2.